The fourth-order valence-corrected chi connectivity index (χ4v) is 2.35. The zero-order valence-corrected chi connectivity index (χ0v) is 12.1. The smallest absolute Gasteiger partial charge is 0.149 e. The lowest BCUT2D eigenvalue weighted by Gasteiger charge is -2.09. The minimum atomic E-state index is 0.506. The van der Waals surface area contributed by atoms with Crippen molar-refractivity contribution in [2.24, 2.45) is 0 Å². The number of nitrogens with one attached hydrogen (secondary N) is 1. The van der Waals surface area contributed by atoms with Crippen LogP contribution in [0.3, 0.4) is 0 Å². The Morgan fingerprint density at radius 1 is 1.14 bits per heavy atom. The van der Waals surface area contributed by atoms with Crippen molar-refractivity contribution in [3.8, 4) is 6.07 Å². The summed E-state index contributed by atoms with van der Waals surface area (Å²) in [4.78, 5) is 4.56. The molecule has 1 N–H and O–H groups in total. The van der Waals surface area contributed by atoms with Gasteiger partial charge < -0.3 is 5.32 Å². The standard InChI is InChI=1S/C17H12ClN3/c1-11-5-6-12-8-13(10-19)17(21-16(12)7-11)20-15-4-2-3-14(18)9-15/h2-9H,1H3,(H,20,21). The van der Waals surface area contributed by atoms with Crippen molar-refractivity contribution in [1.29, 1.82) is 5.26 Å². The fraction of sp³-hybridized carbons (Fsp3) is 0.0588. The zero-order valence-electron chi connectivity index (χ0n) is 11.4. The van der Waals surface area contributed by atoms with Crippen LogP contribution in [0.5, 0.6) is 0 Å². The first-order valence-corrected chi connectivity index (χ1v) is 6.87. The summed E-state index contributed by atoms with van der Waals surface area (Å²) in [6.07, 6.45) is 0. The Bertz CT molecular complexity index is 866. The Morgan fingerprint density at radius 2 is 2.00 bits per heavy atom. The van der Waals surface area contributed by atoms with Gasteiger partial charge in [-0.2, -0.15) is 5.26 Å². The van der Waals surface area contributed by atoms with Gasteiger partial charge in [-0.15, -0.1) is 0 Å². The minimum absolute atomic E-state index is 0.506. The monoisotopic (exact) mass is 293 g/mol. The van der Waals surface area contributed by atoms with E-state index in [1.807, 2.05) is 43.3 Å². The molecule has 0 aliphatic carbocycles. The number of aryl methyl sites for hydroxylation is 1. The third-order valence-electron chi connectivity index (χ3n) is 3.18. The van der Waals surface area contributed by atoms with E-state index in [1.54, 1.807) is 12.1 Å². The van der Waals surface area contributed by atoms with E-state index in [1.165, 1.54) is 0 Å². The molecule has 0 fully saturated rings. The van der Waals surface area contributed by atoms with Crippen molar-refractivity contribution in [3.63, 3.8) is 0 Å². The maximum absolute atomic E-state index is 9.31. The number of halogens is 1. The summed E-state index contributed by atoms with van der Waals surface area (Å²) in [6, 6.07) is 17.3. The molecule has 0 aliphatic heterocycles. The van der Waals surface area contributed by atoms with Crippen LogP contribution in [0, 0.1) is 18.3 Å². The molecule has 0 unspecified atom stereocenters. The summed E-state index contributed by atoms with van der Waals surface area (Å²) in [5.41, 5.74) is 3.30. The van der Waals surface area contributed by atoms with Gasteiger partial charge in [0.1, 0.15) is 11.9 Å². The Balaban J connectivity index is 2.10. The number of aromatic nitrogens is 1. The molecule has 0 bridgehead atoms. The Hall–Kier alpha value is -2.57. The molecule has 1 aromatic heterocycles. The van der Waals surface area contributed by atoms with Crippen molar-refractivity contribution in [2.75, 3.05) is 5.32 Å². The predicted octanol–water partition coefficient (Wildman–Crippen LogP) is 4.81. The van der Waals surface area contributed by atoms with Gasteiger partial charge in [0.25, 0.3) is 0 Å². The van der Waals surface area contributed by atoms with Gasteiger partial charge in [0.15, 0.2) is 0 Å². The van der Waals surface area contributed by atoms with Gasteiger partial charge >= 0.3 is 0 Å². The number of rotatable bonds is 2. The summed E-state index contributed by atoms with van der Waals surface area (Å²) in [6.45, 7) is 2.02. The third kappa shape index (κ3) is 2.81. The van der Waals surface area contributed by atoms with Crippen molar-refractivity contribution in [3.05, 3.63) is 64.7 Å². The summed E-state index contributed by atoms with van der Waals surface area (Å²) < 4.78 is 0. The van der Waals surface area contributed by atoms with E-state index < -0.39 is 0 Å². The molecular formula is C17H12ClN3. The van der Waals surface area contributed by atoms with Crippen LogP contribution in [0.2, 0.25) is 5.02 Å². The molecule has 3 rings (SSSR count). The normalized spacial score (nSPS) is 10.3. The molecule has 21 heavy (non-hydrogen) atoms. The molecule has 0 atom stereocenters. The van der Waals surface area contributed by atoms with E-state index in [-0.39, 0.29) is 0 Å². The molecule has 2 aromatic carbocycles. The first-order valence-electron chi connectivity index (χ1n) is 6.50. The summed E-state index contributed by atoms with van der Waals surface area (Å²) >= 11 is 5.98. The number of nitrogens with zero attached hydrogens (tertiary/aromatic N) is 2. The van der Waals surface area contributed by atoms with E-state index in [0.29, 0.717) is 16.4 Å². The number of benzene rings is 2. The quantitative estimate of drug-likeness (QED) is 0.737. The van der Waals surface area contributed by atoms with E-state index in [2.05, 4.69) is 16.4 Å². The highest BCUT2D eigenvalue weighted by atomic mass is 35.5. The van der Waals surface area contributed by atoms with Crippen LogP contribution in [0.25, 0.3) is 10.9 Å². The van der Waals surface area contributed by atoms with Crippen molar-refractivity contribution >= 4 is 34.0 Å². The van der Waals surface area contributed by atoms with Crippen molar-refractivity contribution in [1.82, 2.24) is 4.98 Å². The van der Waals surface area contributed by atoms with Crippen molar-refractivity contribution in [2.45, 2.75) is 6.92 Å². The third-order valence-corrected chi connectivity index (χ3v) is 3.42. The van der Waals surface area contributed by atoms with Crippen LogP contribution in [0.1, 0.15) is 11.1 Å². The lowest BCUT2D eigenvalue weighted by molar-refractivity contribution is 1.33. The lowest BCUT2D eigenvalue weighted by atomic mass is 10.1. The summed E-state index contributed by atoms with van der Waals surface area (Å²) in [5.74, 6) is 0.540. The second-order valence-corrected chi connectivity index (χ2v) is 5.26. The van der Waals surface area contributed by atoms with E-state index >= 15 is 0 Å². The molecule has 1 heterocycles. The molecule has 3 aromatic rings. The molecule has 4 heteroatoms. The van der Waals surface area contributed by atoms with Gasteiger partial charge in [-0.3, -0.25) is 0 Å². The van der Waals surface area contributed by atoms with Crippen LogP contribution in [-0.2, 0) is 0 Å². The van der Waals surface area contributed by atoms with Gasteiger partial charge in [-0.25, -0.2) is 4.98 Å². The molecule has 0 saturated heterocycles. The van der Waals surface area contributed by atoms with E-state index in [0.717, 1.165) is 22.2 Å². The Morgan fingerprint density at radius 3 is 2.76 bits per heavy atom. The van der Waals surface area contributed by atoms with Crippen LogP contribution in [0.15, 0.2) is 48.5 Å². The molecule has 0 spiro atoms. The summed E-state index contributed by atoms with van der Waals surface area (Å²) in [7, 11) is 0. The lowest BCUT2D eigenvalue weighted by Crippen LogP contribution is -1.97. The molecule has 0 radical (unpaired) electrons. The molecule has 102 valence electrons. The largest absolute Gasteiger partial charge is 0.339 e. The predicted molar refractivity (Wildman–Crippen MR) is 85.9 cm³/mol. The van der Waals surface area contributed by atoms with Gasteiger partial charge in [-0.05, 0) is 42.8 Å². The molecule has 0 amide bonds. The molecule has 3 nitrogen and oxygen atoms in total. The number of nitriles is 1. The molecule has 0 aliphatic rings. The van der Waals surface area contributed by atoms with Gasteiger partial charge in [0.2, 0.25) is 0 Å². The molecule has 0 saturated carbocycles. The Labute approximate surface area is 127 Å². The van der Waals surface area contributed by atoms with Crippen LogP contribution in [0.4, 0.5) is 11.5 Å². The maximum Gasteiger partial charge on any atom is 0.149 e. The first kappa shape index (κ1) is 13.4. The topological polar surface area (TPSA) is 48.7 Å². The first-order chi connectivity index (χ1) is 10.2. The molecular weight excluding hydrogens is 282 g/mol. The maximum atomic E-state index is 9.31. The SMILES string of the molecule is Cc1ccc2cc(C#N)c(Nc3cccc(Cl)c3)nc2c1. The minimum Gasteiger partial charge on any atom is -0.339 e. The van der Waals surface area contributed by atoms with Crippen LogP contribution >= 0.6 is 11.6 Å². The Kier molecular flexibility index (Phi) is 3.47. The highest BCUT2D eigenvalue weighted by Gasteiger charge is 2.07. The average Bonchev–Trinajstić information content (AvgIpc) is 2.46. The summed E-state index contributed by atoms with van der Waals surface area (Å²) in [5, 5.41) is 14.1. The van der Waals surface area contributed by atoms with E-state index in [9.17, 15) is 5.26 Å². The van der Waals surface area contributed by atoms with Crippen molar-refractivity contribution < 1.29 is 0 Å². The second kappa shape index (κ2) is 5.43. The van der Waals surface area contributed by atoms with Gasteiger partial charge in [0.05, 0.1) is 11.1 Å². The number of hydrogen-bond acceptors (Lipinski definition) is 3. The van der Waals surface area contributed by atoms with Crippen LogP contribution < -0.4 is 5.32 Å². The highest BCUT2D eigenvalue weighted by Crippen LogP contribution is 2.25. The average molecular weight is 294 g/mol. The van der Waals surface area contributed by atoms with Crippen LogP contribution in [-0.4, -0.2) is 4.98 Å². The highest BCUT2D eigenvalue weighted by molar-refractivity contribution is 6.30. The van der Waals surface area contributed by atoms with E-state index in [4.69, 9.17) is 11.6 Å². The number of fused-ring (bicyclic) bond motifs is 1. The van der Waals surface area contributed by atoms with Gasteiger partial charge in [-0.1, -0.05) is 29.8 Å². The number of pyridine rings is 1. The number of anilines is 2. The fourth-order valence-electron chi connectivity index (χ4n) is 2.16. The van der Waals surface area contributed by atoms with Gasteiger partial charge in [0, 0.05) is 16.1 Å². The zero-order chi connectivity index (χ0) is 14.8. The number of hydrogen-bond donors (Lipinski definition) is 1. The second-order valence-electron chi connectivity index (χ2n) is 4.83.